The Bertz CT molecular complexity index is 406. The number of hydrogen-bond donors (Lipinski definition) is 2. The summed E-state index contributed by atoms with van der Waals surface area (Å²) in [6.07, 6.45) is 1.12. The second kappa shape index (κ2) is 3.35. The fourth-order valence-corrected chi connectivity index (χ4v) is 1.43. The van der Waals surface area contributed by atoms with Crippen LogP contribution in [0.3, 0.4) is 0 Å². The fraction of sp³-hybridized carbons (Fsp3) is 0.200. The number of nitrogens with zero attached hydrogens (tertiary/aromatic N) is 2. The molecule has 0 atom stereocenters. The van der Waals surface area contributed by atoms with Crippen LogP contribution >= 0.6 is 11.3 Å². The Kier molecular flexibility index (Phi) is 2.42. The normalized spacial score (nSPS) is 9.85. The van der Waals surface area contributed by atoms with Gasteiger partial charge in [0.2, 0.25) is 5.91 Å². The van der Waals surface area contributed by atoms with E-state index in [0.717, 1.165) is 10.8 Å². The molecule has 70 valence electrons. The van der Waals surface area contributed by atoms with Crippen LogP contribution in [0.4, 0.5) is 5.00 Å². The minimum Gasteiger partial charge on any atom is -0.368 e. The highest BCUT2D eigenvalue weighted by molar-refractivity contribution is 7.12. The van der Waals surface area contributed by atoms with Gasteiger partial charge in [-0.05, 0) is 11.3 Å². The van der Waals surface area contributed by atoms with E-state index in [2.05, 4.69) is 0 Å². The molecule has 1 aromatic heterocycles. The lowest BCUT2D eigenvalue weighted by Crippen LogP contribution is -2.23. The smallest absolute Gasteiger partial charge is 0.343 e. The van der Waals surface area contributed by atoms with Crippen molar-refractivity contribution < 1.29 is 9.72 Å². The largest absolute Gasteiger partial charge is 0.368 e. The van der Waals surface area contributed by atoms with Gasteiger partial charge in [0.15, 0.2) is 4.80 Å². The average molecular weight is 202 g/mol. The molecule has 1 rings (SSSR count). The third-order valence-electron chi connectivity index (χ3n) is 1.23. The Morgan fingerprint density at radius 2 is 2.46 bits per heavy atom. The molecule has 7 nitrogen and oxygen atoms in total. The minimum absolute atomic E-state index is 0.0644. The number of nitrogens with one attached hydrogen (secondary N) is 1. The maximum absolute atomic E-state index is 10.5. The van der Waals surface area contributed by atoms with E-state index in [9.17, 15) is 14.9 Å². The fourth-order valence-electron chi connectivity index (χ4n) is 0.746. The van der Waals surface area contributed by atoms with Crippen molar-refractivity contribution in [1.82, 2.24) is 4.57 Å². The Morgan fingerprint density at radius 3 is 2.85 bits per heavy atom. The highest BCUT2D eigenvalue weighted by Gasteiger charge is 2.12. The number of hydrogen-bond acceptors (Lipinski definition) is 5. The maximum Gasteiger partial charge on any atom is 0.343 e. The van der Waals surface area contributed by atoms with Crippen molar-refractivity contribution in [2.24, 2.45) is 5.73 Å². The van der Waals surface area contributed by atoms with Gasteiger partial charge in [-0.1, -0.05) is 0 Å². The number of carbonyl (C=O) groups excluding carboxylic acids is 1. The number of amides is 1. The molecule has 0 aliphatic rings. The molecule has 13 heavy (non-hydrogen) atoms. The summed E-state index contributed by atoms with van der Waals surface area (Å²) < 4.78 is 1.13. The highest BCUT2D eigenvalue weighted by atomic mass is 32.1. The number of thiazole rings is 1. The topological polar surface area (TPSA) is 115 Å². The van der Waals surface area contributed by atoms with Crippen molar-refractivity contribution in [3.8, 4) is 0 Å². The summed E-state index contributed by atoms with van der Waals surface area (Å²) in [5, 5.41) is 17.3. The van der Waals surface area contributed by atoms with Crippen molar-refractivity contribution in [2.75, 3.05) is 0 Å². The Hall–Kier alpha value is -1.70. The van der Waals surface area contributed by atoms with Gasteiger partial charge in [-0.2, -0.15) is 0 Å². The molecule has 1 aromatic rings. The predicted molar refractivity (Wildman–Crippen MR) is 44.0 cm³/mol. The van der Waals surface area contributed by atoms with Crippen LogP contribution < -0.4 is 10.5 Å². The minimum atomic E-state index is -0.633. The van der Waals surface area contributed by atoms with E-state index in [1.807, 2.05) is 0 Å². The quantitative estimate of drug-likeness (QED) is 0.504. The van der Waals surface area contributed by atoms with Crippen LogP contribution in [-0.4, -0.2) is 15.4 Å². The standard InChI is InChI=1S/C5H6N4O3S/c6-3(10)1-8-2-4(9(11)12)13-5(8)7/h2,7H,1H2,(H2,6,10). The molecule has 0 saturated heterocycles. The van der Waals surface area contributed by atoms with E-state index >= 15 is 0 Å². The molecule has 0 aromatic carbocycles. The summed E-state index contributed by atoms with van der Waals surface area (Å²) in [5.74, 6) is -0.633. The Balaban J connectivity index is 3.03. The van der Waals surface area contributed by atoms with Gasteiger partial charge in [0.25, 0.3) is 0 Å². The van der Waals surface area contributed by atoms with Gasteiger partial charge >= 0.3 is 5.00 Å². The molecule has 0 aliphatic carbocycles. The maximum atomic E-state index is 10.5. The van der Waals surface area contributed by atoms with Crippen LogP contribution in [0, 0.1) is 15.5 Å². The molecule has 0 spiro atoms. The summed E-state index contributed by atoms with van der Waals surface area (Å²) in [4.78, 5) is 20.0. The summed E-state index contributed by atoms with van der Waals surface area (Å²) in [6, 6.07) is 0. The van der Waals surface area contributed by atoms with E-state index in [0.29, 0.717) is 11.3 Å². The Morgan fingerprint density at radius 1 is 1.85 bits per heavy atom. The van der Waals surface area contributed by atoms with Gasteiger partial charge in [0.1, 0.15) is 6.54 Å². The summed E-state index contributed by atoms with van der Waals surface area (Å²) >= 11 is 0.687. The molecule has 1 heterocycles. The van der Waals surface area contributed by atoms with Gasteiger partial charge < -0.3 is 10.3 Å². The monoisotopic (exact) mass is 202 g/mol. The molecular weight excluding hydrogens is 196 g/mol. The number of primary amides is 1. The lowest BCUT2D eigenvalue weighted by molar-refractivity contribution is -0.380. The average Bonchev–Trinajstić information content (AvgIpc) is 2.31. The van der Waals surface area contributed by atoms with Gasteiger partial charge in [0, 0.05) is 0 Å². The zero-order valence-corrected chi connectivity index (χ0v) is 7.21. The SMILES string of the molecule is N=c1sc([N+](=O)[O-])cn1CC(N)=O. The third-order valence-corrected chi connectivity index (χ3v) is 2.13. The summed E-state index contributed by atoms with van der Waals surface area (Å²) in [5.41, 5.74) is 4.87. The lowest BCUT2D eigenvalue weighted by atomic mass is 10.6. The van der Waals surface area contributed by atoms with Gasteiger partial charge in [0.05, 0.1) is 11.1 Å². The molecule has 8 heteroatoms. The van der Waals surface area contributed by atoms with E-state index in [1.165, 1.54) is 0 Å². The second-order valence-corrected chi connectivity index (χ2v) is 3.23. The number of aromatic nitrogens is 1. The molecule has 3 N–H and O–H groups in total. The lowest BCUT2D eigenvalue weighted by Gasteiger charge is -1.93. The van der Waals surface area contributed by atoms with Crippen LogP contribution in [0.5, 0.6) is 0 Å². The number of rotatable bonds is 3. The first-order chi connectivity index (χ1) is 6.00. The zero-order valence-electron chi connectivity index (χ0n) is 6.39. The van der Waals surface area contributed by atoms with E-state index < -0.39 is 10.8 Å². The zero-order chi connectivity index (χ0) is 10.0. The Labute approximate surface area is 76.1 Å². The van der Waals surface area contributed by atoms with Gasteiger partial charge in [-0.25, -0.2) is 0 Å². The van der Waals surface area contributed by atoms with Crippen LogP contribution in [0.2, 0.25) is 0 Å². The van der Waals surface area contributed by atoms with E-state index in [1.54, 1.807) is 0 Å². The molecule has 0 fully saturated rings. The molecule has 0 aliphatic heterocycles. The van der Waals surface area contributed by atoms with Gasteiger partial charge in [-0.15, -0.1) is 0 Å². The van der Waals surface area contributed by atoms with Crippen LogP contribution in [0.15, 0.2) is 6.20 Å². The first-order valence-electron chi connectivity index (χ1n) is 3.18. The van der Waals surface area contributed by atoms with E-state index in [-0.39, 0.29) is 16.3 Å². The van der Waals surface area contributed by atoms with Gasteiger partial charge in [-0.3, -0.25) is 20.3 Å². The molecular formula is C5H6N4O3S. The van der Waals surface area contributed by atoms with Crippen molar-refractivity contribution >= 4 is 22.2 Å². The number of nitro groups is 1. The predicted octanol–water partition coefficient (Wildman–Crippen LogP) is -0.577. The molecule has 0 saturated carbocycles. The van der Waals surface area contributed by atoms with E-state index in [4.69, 9.17) is 11.1 Å². The third kappa shape index (κ3) is 2.12. The second-order valence-electron chi connectivity index (χ2n) is 2.23. The molecule has 0 radical (unpaired) electrons. The van der Waals surface area contributed by atoms with Crippen molar-refractivity contribution in [1.29, 1.82) is 5.41 Å². The van der Waals surface area contributed by atoms with Crippen LogP contribution in [-0.2, 0) is 11.3 Å². The first-order valence-corrected chi connectivity index (χ1v) is 4.00. The van der Waals surface area contributed by atoms with Crippen LogP contribution in [0.25, 0.3) is 0 Å². The summed E-state index contributed by atoms with van der Waals surface area (Å²) in [7, 11) is 0. The number of nitrogens with two attached hydrogens (primary N) is 1. The first kappa shape index (κ1) is 9.39. The van der Waals surface area contributed by atoms with Crippen molar-refractivity contribution in [3.63, 3.8) is 0 Å². The van der Waals surface area contributed by atoms with Crippen LogP contribution in [0.1, 0.15) is 0 Å². The molecule has 0 bridgehead atoms. The molecule has 0 unspecified atom stereocenters. The highest BCUT2D eigenvalue weighted by Crippen LogP contribution is 2.13. The molecule has 1 amide bonds. The van der Waals surface area contributed by atoms with Crippen molar-refractivity contribution in [2.45, 2.75) is 6.54 Å². The van der Waals surface area contributed by atoms with Crippen molar-refractivity contribution in [3.05, 3.63) is 21.1 Å². The summed E-state index contributed by atoms with van der Waals surface area (Å²) in [6.45, 7) is -0.205. The number of carbonyl (C=O) groups is 1.